The number of rotatable bonds is 5. The topological polar surface area (TPSA) is 45.3 Å². The Hall–Kier alpha value is -2.07. The zero-order chi connectivity index (χ0) is 19.1. The Bertz CT molecular complexity index is 882. The second-order valence-electron chi connectivity index (χ2n) is 8.31. The van der Waals surface area contributed by atoms with Gasteiger partial charge in [0.25, 0.3) is 0 Å². The number of likely N-dealkylation sites (tertiary alicyclic amines) is 1. The molecule has 0 bridgehead atoms. The number of carbonyl (C=O) groups excluding carboxylic acids is 1. The van der Waals surface area contributed by atoms with Gasteiger partial charge in [-0.3, -0.25) is 9.69 Å². The molecule has 144 valence electrons. The van der Waals surface area contributed by atoms with Crippen LogP contribution in [0, 0.1) is 5.92 Å². The molecule has 1 aromatic heterocycles. The summed E-state index contributed by atoms with van der Waals surface area (Å²) in [5.41, 5.74) is 6.44. The van der Waals surface area contributed by atoms with E-state index in [1.807, 2.05) is 0 Å². The van der Waals surface area contributed by atoms with E-state index in [1.54, 1.807) is 0 Å². The Kier molecular flexibility index (Phi) is 4.85. The first kappa shape index (κ1) is 18.3. The van der Waals surface area contributed by atoms with Crippen molar-refractivity contribution in [1.29, 1.82) is 0 Å². The summed E-state index contributed by atoms with van der Waals surface area (Å²) in [6.07, 6.45) is 3.30. The number of ether oxygens (including phenoxy) is 1. The van der Waals surface area contributed by atoms with Crippen molar-refractivity contribution in [1.82, 2.24) is 9.88 Å². The maximum Gasteiger partial charge on any atom is 0.302 e. The lowest BCUT2D eigenvalue weighted by molar-refractivity contribution is -0.143. The zero-order valence-corrected chi connectivity index (χ0v) is 16.7. The SMILES string of the molecule is C=C(C)c1[nH]c2cccc3c2c1C[C@@H]1[C@@H]3C[C@@H](COC(C)=O)CN1CCC. The predicted octanol–water partition coefficient (Wildman–Crippen LogP) is 4.50. The van der Waals surface area contributed by atoms with E-state index in [9.17, 15) is 4.79 Å². The molecule has 0 saturated carbocycles. The van der Waals surface area contributed by atoms with Crippen LogP contribution in [0.15, 0.2) is 24.8 Å². The minimum atomic E-state index is -0.177. The van der Waals surface area contributed by atoms with E-state index in [0.29, 0.717) is 24.5 Å². The number of carbonyl (C=O) groups is 1. The molecule has 2 heterocycles. The van der Waals surface area contributed by atoms with Gasteiger partial charge in [0, 0.05) is 47.9 Å². The van der Waals surface area contributed by atoms with Crippen LogP contribution in [0.2, 0.25) is 0 Å². The van der Waals surface area contributed by atoms with E-state index in [1.165, 1.54) is 34.6 Å². The number of hydrogen-bond donors (Lipinski definition) is 1. The number of piperidine rings is 1. The van der Waals surface area contributed by atoms with Gasteiger partial charge in [-0.2, -0.15) is 0 Å². The molecule has 3 atom stereocenters. The Labute approximate surface area is 161 Å². The van der Waals surface area contributed by atoms with Crippen molar-refractivity contribution >= 4 is 22.4 Å². The van der Waals surface area contributed by atoms with Crippen LogP contribution in [0.1, 0.15) is 56.4 Å². The molecule has 0 unspecified atom stereocenters. The first-order valence-electron chi connectivity index (χ1n) is 10.2. The Morgan fingerprint density at radius 3 is 2.89 bits per heavy atom. The van der Waals surface area contributed by atoms with Gasteiger partial charge in [-0.05, 0) is 55.5 Å². The van der Waals surface area contributed by atoms with E-state index in [-0.39, 0.29) is 5.97 Å². The van der Waals surface area contributed by atoms with Gasteiger partial charge in [-0.15, -0.1) is 0 Å². The summed E-state index contributed by atoms with van der Waals surface area (Å²) in [6.45, 7) is 12.7. The highest BCUT2D eigenvalue weighted by atomic mass is 16.5. The number of aromatic nitrogens is 1. The van der Waals surface area contributed by atoms with Crippen molar-refractivity contribution < 1.29 is 9.53 Å². The fourth-order valence-electron chi connectivity index (χ4n) is 5.25. The molecule has 1 N–H and O–H groups in total. The number of allylic oxidation sites excluding steroid dienone is 1. The Balaban J connectivity index is 1.75. The normalized spacial score (nSPS) is 24.6. The lowest BCUT2D eigenvalue weighted by atomic mass is 9.71. The number of nitrogens with zero attached hydrogens (tertiary/aromatic N) is 1. The molecule has 0 amide bonds. The van der Waals surface area contributed by atoms with Crippen molar-refractivity contribution in [2.24, 2.45) is 5.92 Å². The molecule has 4 heteroatoms. The third-order valence-corrected chi connectivity index (χ3v) is 6.25. The molecule has 1 fully saturated rings. The molecular weight excluding hydrogens is 336 g/mol. The lowest BCUT2D eigenvalue weighted by Gasteiger charge is -2.47. The third kappa shape index (κ3) is 3.20. The minimum absolute atomic E-state index is 0.177. The Morgan fingerprint density at radius 1 is 1.37 bits per heavy atom. The van der Waals surface area contributed by atoms with Gasteiger partial charge < -0.3 is 9.72 Å². The first-order valence-corrected chi connectivity index (χ1v) is 10.2. The average Bonchev–Trinajstić information content (AvgIpc) is 3.01. The van der Waals surface area contributed by atoms with Crippen LogP contribution >= 0.6 is 0 Å². The second kappa shape index (κ2) is 7.16. The van der Waals surface area contributed by atoms with Crippen LogP contribution in [-0.2, 0) is 16.0 Å². The van der Waals surface area contributed by atoms with Crippen LogP contribution < -0.4 is 0 Å². The lowest BCUT2D eigenvalue weighted by Crippen LogP contribution is -2.51. The van der Waals surface area contributed by atoms with Crippen molar-refractivity contribution in [2.45, 2.75) is 52.0 Å². The van der Waals surface area contributed by atoms with Crippen LogP contribution in [0.4, 0.5) is 0 Å². The number of H-pyrrole nitrogens is 1. The molecule has 27 heavy (non-hydrogen) atoms. The van der Waals surface area contributed by atoms with Gasteiger partial charge in [0.1, 0.15) is 0 Å². The summed E-state index contributed by atoms with van der Waals surface area (Å²) in [5, 5.41) is 1.40. The standard InChI is InChI=1S/C23H30N2O2/c1-5-9-25-12-16(13-27-15(4)26)10-18-17-7-6-8-20-22(17)19(11-21(18)25)23(24-20)14(2)3/h6-8,16,18,21,24H,2,5,9-13H2,1,3-4H3/t16-,18-,21-/m1/s1. The number of esters is 1. The molecule has 2 aromatic rings. The summed E-state index contributed by atoms with van der Waals surface area (Å²) in [6, 6.07) is 7.17. The zero-order valence-electron chi connectivity index (χ0n) is 16.7. The van der Waals surface area contributed by atoms with Crippen LogP contribution in [0.3, 0.4) is 0 Å². The fraction of sp³-hybridized carbons (Fsp3) is 0.522. The van der Waals surface area contributed by atoms with E-state index < -0.39 is 0 Å². The maximum absolute atomic E-state index is 11.3. The fourth-order valence-corrected chi connectivity index (χ4v) is 5.25. The summed E-state index contributed by atoms with van der Waals surface area (Å²) in [7, 11) is 0. The molecule has 1 saturated heterocycles. The van der Waals surface area contributed by atoms with Gasteiger partial charge in [-0.25, -0.2) is 0 Å². The van der Waals surface area contributed by atoms with Crippen LogP contribution in [-0.4, -0.2) is 41.6 Å². The predicted molar refractivity (Wildman–Crippen MR) is 110 cm³/mol. The summed E-state index contributed by atoms with van der Waals surface area (Å²) >= 11 is 0. The van der Waals surface area contributed by atoms with Gasteiger partial charge in [-0.1, -0.05) is 25.6 Å². The third-order valence-electron chi connectivity index (χ3n) is 6.25. The van der Waals surface area contributed by atoms with E-state index in [0.717, 1.165) is 37.9 Å². The molecule has 0 spiro atoms. The number of fused-ring (bicyclic) bond motifs is 2. The van der Waals surface area contributed by atoms with E-state index in [4.69, 9.17) is 4.74 Å². The number of benzene rings is 1. The van der Waals surface area contributed by atoms with E-state index >= 15 is 0 Å². The number of nitrogens with one attached hydrogen (secondary N) is 1. The van der Waals surface area contributed by atoms with Crippen LogP contribution in [0.25, 0.3) is 16.5 Å². The van der Waals surface area contributed by atoms with Gasteiger partial charge >= 0.3 is 5.97 Å². The van der Waals surface area contributed by atoms with Gasteiger partial charge in [0.15, 0.2) is 0 Å². The maximum atomic E-state index is 11.3. The molecule has 1 aromatic carbocycles. The molecule has 4 nitrogen and oxygen atoms in total. The quantitative estimate of drug-likeness (QED) is 0.792. The second-order valence-corrected chi connectivity index (χ2v) is 8.31. The molecule has 1 aliphatic heterocycles. The van der Waals surface area contributed by atoms with Crippen molar-refractivity contribution in [3.63, 3.8) is 0 Å². The van der Waals surface area contributed by atoms with Crippen molar-refractivity contribution in [3.05, 3.63) is 41.6 Å². The van der Waals surface area contributed by atoms with E-state index in [2.05, 4.69) is 48.5 Å². The van der Waals surface area contributed by atoms with Gasteiger partial charge in [0.2, 0.25) is 0 Å². The minimum Gasteiger partial charge on any atom is -0.466 e. The average molecular weight is 367 g/mol. The summed E-state index contributed by atoms with van der Waals surface area (Å²) < 4.78 is 5.38. The van der Waals surface area contributed by atoms with Gasteiger partial charge in [0.05, 0.1) is 6.61 Å². The largest absolute Gasteiger partial charge is 0.466 e. The smallest absolute Gasteiger partial charge is 0.302 e. The molecule has 0 radical (unpaired) electrons. The Morgan fingerprint density at radius 2 is 2.19 bits per heavy atom. The molecule has 2 aliphatic rings. The molecular formula is C23H30N2O2. The molecule has 1 aliphatic carbocycles. The highest BCUT2D eigenvalue weighted by Gasteiger charge is 2.41. The number of aromatic amines is 1. The first-order chi connectivity index (χ1) is 13.0. The van der Waals surface area contributed by atoms with Crippen molar-refractivity contribution in [3.8, 4) is 0 Å². The summed E-state index contributed by atoms with van der Waals surface area (Å²) in [5.74, 6) is 0.720. The van der Waals surface area contributed by atoms with Crippen molar-refractivity contribution in [2.75, 3.05) is 19.7 Å². The highest BCUT2D eigenvalue weighted by molar-refractivity contribution is 5.93. The summed E-state index contributed by atoms with van der Waals surface area (Å²) in [4.78, 5) is 17.6. The monoisotopic (exact) mass is 366 g/mol. The highest BCUT2D eigenvalue weighted by Crippen LogP contribution is 2.46. The number of hydrogen-bond acceptors (Lipinski definition) is 3. The van der Waals surface area contributed by atoms with Crippen LogP contribution in [0.5, 0.6) is 0 Å². The molecule has 4 rings (SSSR count).